The zero-order valence-corrected chi connectivity index (χ0v) is 15.5. The second-order valence-corrected chi connectivity index (χ2v) is 7.96. The number of likely N-dealkylation sites (tertiary alicyclic amines) is 1. The number of rotatable bonds is 5. The smallest absolute Gasteiger partial charge is 0.223 e. The van der Waals surface area contributed by atoms with Crippen LogP contribution in [0.15, 0.2) is 33.6 Å². The lowest BCUT2D eigenvalue weighted by Gasteiger charge is -2.33. The minimum absolute atomic E-state index is 0.0415. The highest BCUT2D eigenvalue weighted by atomic mass is 79.9. The maximum Gasteiger partial charge on any atom is 0.223 e. The second kappa shape index (κ2) is 8.51. The molecule has 2 heterocycles. The lowest BCUT2D eigenvalue weighted by atomic mass is 9.96. The fourth-order valence-corrected chi connectivity index (χ4v) is 4.12. The molecule has 23 heavy (non-hydrogen) atoms. The van der Waals surface area contributed by atoms with E-state index in [1.165, 1.54) is 4.90 Å². The average molecular weight is 400 g/mol. The van der Waals surface area contributed by atoms with Crippen LogP contribution >= 0.6 is 27.7 Å². The molecule has 0 spiro atoms. The second-order valence-electron chi connectivity index (χ2n) is 5.88. The Balaban J connectivity index is 1.36. The standard InChI is InChI=1S/C17H22BrNO3S/c18-14-1-3-15(4-2-14)23-12-7-16(20)19-8-5-13(6-9-19)17-21-10-11-22-17/h1-4,13,17H,5-12H2. The molecule has 126 valence electrons. The molecule has 6 heteroatoms. The summed E-state index contributed by atoms with van der Waals surface area (Å²) in [6.45, 7) is 3.07. The Labute approximate surface area is 150 Å². The zero-order chi connectivity index (χ0) is 16.1. The summed E-state index contributed by atoms with van der Waals surface area (Å²) < 4.78 is 12.2. The Morgan fingerprint density at radius 2 is 1.83 bits per heavy atom. The molecule has 0 unspecified atom stereocenters. The summed E-state index contributed by atoms with van der Waals surface area (Å²) >= 11 is 5.16. The van der Waals surface area contributed by atoms with Crippen LogP contribution in [0.25, 0.3) is 0 Å². The summed E-state index contributed by atoms with van der Waals surface area (Å²) in [5, 5.41) is 0. The van der Waals surface area contributed by atoms with Gasteiger partial charge in [0.2, 0.25) is 5.91 Å². The maximum atomic E-state index is 12.3. The molecule has 2 aliphatic heterocycles. The van der Waals surface area contributed by atoms with E-state index in [1.807, 2.05) is 17.0 Å². The van der Waals surface area contributed by atoms with Crippen molar-refractivity contribution in [1.29, 1.82) is 0 Å². The van der Waals surface area contributed by atoms with E-state index in [1.54, 1.807) is 11.8 Å². The first-order chi connectivity index (χ1) is 11.2. The molecule has 0 bridgehead atoms. The number of thioether (sulfide) groups is 1. The molecule has 2 aliphatic rings. The number of piperidine rings is 1. The van der Waals surface area contributed by atoms with Crippen LogP contribution < -0.4 is 0 Å². The quantitative estimate of drug-likeness (QED) is 0.709. The van der Waals surface area contributed by atoms with Gasteiger partial charge in [-0.15, -0.1) is 11.8 Å². The van der Waals surface area contributed by atoms with Crippen LogP contribution in [0.2, 0.25) is 0 Å². The van der Waals surface area contributed by atoms with Crippen molar-refractivity contribution in [3.8, 4) is 0 Å². The highest BCUT2D eigenvalue weighted by Crippen LogP contribution is 2.26. The SMILES string of the molecule is O=C(CCSc1ccc(Br)cc1)N1CCC(C2OCCO2)CC1. The molecular weight excluding hydrogens is 378 g/mol. The summed E-state index contributed by atoms with van der Waals surface area (Å²) in [7, 11) is 0. The van der Waals surface area contributed by atoms with E-state index in [0.717, 1.165) is 36.2 Å². The van der Waals surface area contributed by atoms with Crippen molar-refractivity contribution in [2.75, 3.05) is 32.1 Å². The topological polar surface area (TPSA) is 38.8 Å². The van der Waals surface area contributed by atoms with Gasteiger partial charge in [-0.3, -0.25) is 4.79 Å². The van der Waals surface area contributed by atoms with Gasteiger partial charge in [0.25, 0.3) is 0 Å². The highest BCUT2D eigenvalue weighted by Gasteiger charge is 2.31. The monoisotopic (exact) mass is 399 g/mol. The van der Waals surface area contributed by atoms with E-state index < -0.39 is 0 Å². The molecule has 2 fully saturated rings. The Bertz CT molecular complexity index is 511. The first kappa shape index (κ1) is 17.3. The molecule has 3 rings (SSSR count). The number of hydrogen-bond donors (Lipinski definition) is 0. The molecule has 0 atom stereocenters. The van der Waals surface area contributed by atoms with E-state index in [4.69, 9.17) is 9.47 Å². The minimum atomic E-state index is -0.0415. The Morgan fingerprint density at radius 3 is 2.48 bits per heavy atom. The number of ether oxygens (including phenoxy) is 2. The molecule has 0 aliphatic carbocycles. The van der Waals surface area contributed by atoms with E-state index in [9.17, 15) is 4.79 Å². The van der Waals surface area contributed by atoms with Crippen molar-refractivity contribution in [3.63, 3.8) is 0 Å². The van der Waals surface area contributed by atoms with Crippen LogP contribution in [-0.4, -0.2) is 49.2 Å². The van der Waals surface area contributed by atoms with Crippen molar-refractivity contribution < 1.29 is 14.3 Å². The number of carbonyl (C=O) groups is 1. The summed E-state index contributed by atoms with van der Waals surface area (Å²) in [5.41, 5.74) is 0. The van der Waals surface area contributed by atoms with Crippen LogP contribution in [0.4, 0.5) is 0 Å². The summed E-state index contributed by atoms with van der Waals surface area (Å²) in [4.78, 5) is 15.5. The van der Waals surface area contributed by atoms with Crippen molar-refractivity contribution >= 4 is 33.6 Å². The lowest BCUT2D eigenvalue weighted by molar-refractivity contribution is -0.136. The number of amides is 1. The number of hydrogen-bond acceptors (Lipinski definition) is 4. The summed E-state index contributed by atoms with van der Waals surface area (Å²) in [5.74, 6) is 1.54. The van der Waals surface area contributed by atoms with E-state index in [0.29, 0.717) is 25.6 Å². The predicted octanol–water partition coefficient (Wildman–Crippen LogP) is 3.54. The van der Waals surface area contributed by atoms with Gasteiger partial charge < -0.3 is 14.4 Å². The largest absolute Gasteiger partial charge is 0.350 e. The van der Waals surface area contributed by atoms with Gasteiger partial charge in [0.1, 0.15) is 0 Å². The maximum absolute atomic E-state index is 12.3. The van der Waals surface area contributed by atoms with Crippen molar-refractivity contribution in [3.05, 3.63) is 28.7 Å². The van der Waals surface area contributed by atoms with E-state index >= 15 is 0 Å². The highest BCUT2D eigenvalue weighted by molar-refractivity contribution is 9.10. The van der Waals surface area contributed by atoms with E-state index in [2.05, 4.69) is 28.1 Å². The molecule has 0 N–H and O–H groups in total. The van der Waals surface area contributed by atoms with Crippen LogP contribution in [0.1, 0.15) is 19.3 Å². The summed E-state index contributed by atoms with van der Waals surface area (Å²) in [6.07, 6.45) is 2.52. The molecule has 1 aromatic carbocycles. The molecule has 1 amide bonds. The van der Waals surface area contributed by atoms with Crippen LogP contribution in [0.3, 0.4) is 0 Å². The molecule has 0 aromatic heterocycles. The molecule has 0 saturated carbocycles. The zero-order valence-electron chi connectivity index (χ0n) is 13.1. The predicted molar refractivity (Wildman–Crippen MR) is 94.5 cm³/mol. The Kier molecular flexibility index (Phi) is 6.39. The minimum Gasteiger partial charge on any atom is -0.350 e. The molecule has 0 radical (unpaired) electrons. The third kappa shape index (κ3) is 4.95. The first-order valence-electron chi connectivity index (χ1n) is 8.12. The molecular formula is C17H22BrNO3S. The van der Waals surface area contributed by atoms with Crippen molar-refractivity contribution in [2.24, 2.45) is 5.92 Å². The third-order valence-electron chi connectivity index (χ3n) is 4.32. The van der Waals surface area contributed by atoms with E-state index in [-0.39, 0.29) is 12.2 Å². The van der Waals surface area contributed by atoms with Gasteiger partial charge in [-0.1, -0.05) is 15.9 Å². The lowest BCUT2D eigenvalue weighted by Crippen LogP contribution is -2.41. The fraction of sp³-hybridized carbons (Fsp3) is 0.588. The molecule has 1 aromatic rings. The average Bonchev–Trinajstić information content (AvgIpc) is 3.11. The summed E-state index contributed by atoms with van der Waals surface area (Å²) in [6, 6.07) is 8.21. The van der Waals surface area contributed by atoms with Crippen molar-refractivity contribution in [2.45, 2.75) is 30.4 Å². The number of benzene rings is 1. The molecule has 4 nitrogen and oxygen atoms in total. The fourth-order valence-electron chi connectivity index (χ4n) is 3.01. The van der Waals surface area contributed by atoms with Gasteiger partial charge in [0, 0.05) is 40.5 Å². The number of nitrogens with zero attached hydrogens (tertiary/aromatic N) is 1. The van der Waals surface area contributed by atoms with Crippen LogP contribution in [-0.2, 0) is 14.3 Å². The normalized spacial score (nSPS) is 20.1. The number of halogens is 1. The van der Waals surface area contributed by atoms with Gasteiger partial charge in [0.15, 0.2) is 6.29 Å². The van der Waals surface area contributed by atoms with Gasteiger partial charge >= 0.3 is 0 Å². The first-order valence-corrected chi connectivity index (χ1v) is 9.89. The molecule has 2 saturated heterocycles. The Hall–Kier alpha value is -0.560. The van der Waals surface area contributed by atoms with Gasteiger partial charge in [-0.25, -0.2) is 0 Å². The Morgan fingerprint density at radius 1 is 1.17 bits per heavy atom. The van der Waals surface area contributed by atoms with Crippen molar-refractivity contribution in [1.82, 2.24) is 4.90 Å². The van der Waals surface area contributed by atoms with Gasteiger partial charge in [0.05, 0.1) is 13.2 Å². The van der Waals surface area contributed by atoms with Crippen LogP contribution in [0, 0.1) is 5.92 Å². The number of carbonyl (C=O) groups excluding carboxylic acids is 1. The van der Waals surface area contributed by atoms with Gasteiger partial charge in [-0.05, 0) is 37.1 Å². The third-order valence-corrected chi connectivity index (χ3v) is 5.87. The van der Waals surface area contributed by atoms with Gasteiger partial charge in [-0.2, -0.15) is 0 Å². The van der Waals surface area contributed by atoms with Crippen LogP contribution in [0.5, 0.6) is 0 Å².